The second-order valence-corrected chi connectivity index (χ2v) is 6.21. The molecule has 0 heterocycles. The number of hydrogen-bond acceptors (Lipinski definition) is 1. The second-order valence-electron chi connectivity index (χ2n) is 5.37. The number of hydrogen-bond donors (Lipinski definition) is 1. The molecule has 1 atom stereocenters. The highest BCUT2D eigenvalue weighted by molar-refractivity contribution is 6.31. The lowest BCUT2D eigenvalue weighted by atomic mass is 9.97. The molecule has 0 spiro atoms. The first-order valence-electron chi connectivity index (χ1n) is 7.34. The largest absolute Gasteiger partial charge is 0.310 e. The zero-order chi connectivity index (χ0) is 15.2. The molecular weight excluding hydrogens is 301 g/mol. The van der Waals surface area contributed by atoms with E-state index in [0.29, 0.717) is 0 Å². The van der Waals surface area contributed by atoms with Crippen molar-refractivity contribution in [2.24, 2.45) is 0 Å². The van der Waals surface area contributed by atoms with E-state index in [1.807, 2.05) is 24.3 Å². The van der Waals surface area contributed by atoms with Crippen LogP contribution in [0, 0.1) is 6.92 Å². The van der Waals surface area contributed by atoms with Crippen LogP contribution in [-0.4, -0.2) is 6.54 Å². The minimum absolute atomic E-state index is 0.205. The van der Waals surface area contributed by atoms with E-state index < -0.39 is 0 Å². The van der Waals surface area contributed by atoms with E-state index in [1.165, 1.54) is 11.1 Å². The molecule has 3 heteroatoms. The lowest BCUT2D eigenvalue weighted by molar-refractivity contribution is 0.529. The van der Waals surface area contributed by atoms with Gasteiger partial charge >= 0.3 is 0 Å². The summed E-state index contributed by atoms with van der Waals surface area (Å²) in [6.07, 6.45) is 1.97. The van der Waals surface area contributed by atoms with Crippen LogP contribution in [0.5, 0.6) is 0 Å². The monoisotopic (exact) mass is 321 g/mol. The standard InChI is InChI=1S/C18H21Cl2N/c1-3-9-21-18(12-14-5-4-6-15(19)11-14)16-8-7-13(2)10-17(16)20/h4-8,10-11,18,21H,3,9,12H2,1-2H3. The summed E-state index contributed by atoms with van der Waals surface area (Å²) in [6, 6.07) is 14.5. The van der Waals surface area contributed by atoms with Gasteiger partial charge in [-0.2, -0.15) is 0 Å². The number of halogens is 2. The summed E-state index contributed by atoms with van der Waals surface area (Å²) in [6.45, 7) is 5.19. The van der Waals surface area contributed by atoms with Crippen molar-refractivity contribution in [3.63, 3.8) is 0 Å². The van der Waals surface area contributed by atoms with Crippen LogP contribution >= 0.6 is 23.2 Å². The quantitative estimate of drug-likeness (QED) is 0.731. The molecule has 1 unspecified atom stereocenters. The van der Waals surface area contributed by atoms with Crippen LogP contribution in [0.15, 0.2) is 42.5 Å². The predicted molar refractivity (Wildman–Crippen MR) is 92.4 cm³/mol. The van der Waals surface area contributed by atoms with Gasteiger partial charge in [-0.05, 0) is 61.2 Å². The Balaban J connectivity index is 2.25. The molecule has 0 fully saturated rings. The average molecular weight is 322 g/mol. The van der Waals surface area contributed by atoms with Gasteiger partial charge in [0.2, 0.25) is 0 Å². The minimum Gasteiger partial charge on any atom is -0.310 e. The van der Waals surface area contributed by atoms with Crippen molar-refractivity contribution in [2.45, 2.75) is 32.7 Å². The van der Waals surface area contributed by atoms with Gasteiger partial charge in [-0.1, -0.05) is 54.4 Å². The van der Waals surface area contributed by atoms with Crippen LogP contribution in [0.1, 0.15) is 36.1 Å². The number of benzene rings is 2. The summed E-state index contributed by atoms with van der Waals surface area (Å²) in [5.41, 5.74) is 3.55. The van der Waals surface area contributed by atoms with E-state index in [2.05, 4.69) is 37.4 Å². The molecule has 2 rings (SSSR count). The van der Waals surface area contributed by atoms with E-state index in [1.54, 1.807) is 0 Å². The van der Waals surface area contributed by atoms with Crippen molar-refractivity contribution in [3.05, 3.63) is 69.2 Å². The van der Waals surface area contributed by atoms with Crippen LogP contribution in [-0.2, 0) is 6.42 Å². The third-order valence-electron chi connectivity index (χ3n) is 3.50. The smallest absolute Gasteiger partial charge is 0.0456 e. The third kappa shape index (κ3) is 4.74. The molecule has 0 aromatic heterocycles. The number of rotatable bonds is 6. The molecule has 1 nitrogen and oxygen atoms in total. The molecule has 0 aliphatic heterocycles. The Morgan fingerprint density at radius 3 is 2.57 bits per heavy atom. The predicted octanol–water partition coefficient (Wildman–Crippen LogP) is 5.59. The van der Waals surface area contributed by atoms with Gasteiger partial charge in [-0.3, -0.25) is 0 Å². The van der Waals surface area contributed by atoms with Crippen LogP contribution in [0.3, 0.4) is 0 Å². The van der Waals surface area contributed by atoms with E-state index in [-0.39, 0.29) is 6.04 Å². The van der Waals surface area contributed by atoms with Crippen LogP contribution in [0.25, 0.3) is 0 Å². The Hall–Kier alpha value is -1.02. The fourth-order valence-electron chi connectivity index (χ4n) is 2.43. The van der Waals surface area contributed by atoms with Gasteiger partial charge in [0.1, 0.15) is 0 Å². The van der Waals surface area contributed by atoms with E-state index >= 15 is 0 Å². The normalized spacial score (nSPS) is 12.4. The van der Waals surface area contributed by atoms with Crippen molar-refractivity contribution in [1.29, 1.82) is 0 Å². The molecule has 0 saturated heterocycles. The fourth-order valence-corrected chi connectivity index (χ4v) is 3.00. The highest BCUT2D eigenvalue weighted by Crippen LogP contribution is 2.27. The van der Waals surface area contributed by atoms with Crippen molar-refractivity contribution >= 4 is 23.2 Å². The molecular formula is C18H21Cl2N. The van der Waals surface area contributed by atoms with Crippen LogP contribution in [0.2, 0.25) is 10.0 Å². The van der Waals surface area contributed by atoms with Gasteiger partial charge in [0.25, 0.3) is 0 Å². The summed E-state index contributed by atoms with van der Waals surface area (Å²) in [4.78, 5) is 0. The topological polar surface area (TPSA) is 12.0 Å². The molecule has 0 aliphatic rings. The lowest BCUT2D eigenvalue weighted by Gasteiger charge is -2.21. The van der Waals surface area contributed by atoms with E-state index in [9.17, 15) is 0 Å². The first-order chi connectivity index (χ1) is 10.1. The summed E-state index contributed by atoms with van der Waals surface area (Å²) >= 11 is 12.5. The Morgan fingerprint density at radius 1 is 1.10 bits per heavy atom. The molecule has 21 heavy (non-hydrogen) atoms. The maximum Gasteiger partial charge on any atom is 0.0456 e. The molecule has 1 N–H and O–H groups in total. The Morgan fingerprint density at radius 2 is 1.90 bits per heavy atom. The Labute approximate surface area is 137 Å². The molecule has 2 aromatic carbocycles. The SMILES string of the molecule is CCCNC(Cc1cccc(Cl)c1)c1ccc(C)cc1Cl. The zero-order valence-electron chi connectivity index (χ0n) is 12.5. The summed E-state index contributed by atoms with van der Waals surface area (Å²) < 4.78 is 0. The van der Waals surface area contributed by atoms with Crippen LogP contribution < -0.4 is 5.32 Å². The first kappa shape index (κ1) is 16.4. The first-order valence-corrected chi connectivity index (χ1v) is 8.09. The summed E-state index contributed by atoms with van der Waals surface area (Å²) in [7, 11) is 0. The Bertz CT molecular complexity index is 596. The Kier molecular flexibility index (Phi) is 6.10. The van der Waals surface area contributed by atoms with Gasteiger partial charge in [-0.15, -0.1) is 0 Å². The highest BCUT2D eigenvalue weighted by Gasteiger charge is 2.15. The van der Waals surface area contributed by atoms with Crippen molar-refractivity contribution in [1.82, 2.24) is 5.32 Å². The number of aryl methyl sites for hydroxylation is 1. The van der Waals surface area contributed by atoms with Gasteiger partial charge in [0, 0.05) is 16.1 Å². The molecule has 0 bridgehead atoms. The maximum atomic E-state index is 6.43. The summed E-state index contributed by atoms with van der Waals surface area (Å²) in [5.74, 6) is 0. The summed E-state index contributed by atoms with van der Waals surface area (Å²) in [5, 5.41) is 5.19. The number of nitrogens with one attached hydrogen (secondary N) is 1. The third-order valence-corrected chi connectivity index (χ3v) is 4.06. The molecule has 0 saturated carbocycles. The van der Waals surface area contributed by atoms with Crippen molar-refractivity contribution < 1.29 is 0 Å². The molecule has 0 aliphatic carbocycles. The molecule has 0 amide bonds. The van der Waals surface area contributed by atoms with Crippen molar-refractivity contribution in [3.8, 4) is 0 Å². The highest BCUT2D eigenvalue weighted by atomic mass is 35.5. The lowest BCUT2D eigenvalue weighted by Crippen LogP contribution is -2.24. The van der Waals surface area contributed by atoms with Gasteiger partial charge in [-0.25, -0.2) is 0 Å². The van der Waals surface area contributed by atoms with Crippen molar-refractivity contribution in [2.75, 3.05) is 6.54 Å². The second kappa shape index (κ2) is 7.84. The minimum atomic E-state index is 0.205. The van der Waals surface area contributed by atoms with Crippen LogP contribution in [0.4, 0.5) is 0 Å². The molecule has 0 radical (unpaired) electrons. The zero-order valence-corrected chi connectivity index (χ0v) is 14.0. The van der Waals surface area contributed by atoms with E-state index in [0.717, 1.165) is 35.0 Å². The average Bonchev–Trinajstić information content (AvgIpc) is 2.44. The molecule has 112 valence electrons. The van der Waals surface area contributed by atoms with Gasteiger partial charge in [0.05, 0.1) is 0 Å². The van der Waals surface area contributed by atoms with Gasteiger partial charge < -0.3 is 5.32 Å². The maximum absolute atomic E-state index is 6.43. The van der Waals surface area contributed by atoms with E-state index in [4.69, 9.17) is 23.2 Å². The fraction of sp³-hybridized carbons (Fsp3) is 0.333. The van der Waals surface area contributed by atoms with Gasteiger partial charge in [0.15, 0.2) is 0 Å². The molecule has 2 aromatic rings.